The Morgan fingerprint density at radius 2 is 1.77 bits per heavy atom. The topological polar surface area (TPSA) is 97.0 Å². The summed E-state index contributed by atoms with van der Waals surface area (Å²) in [5, 5.41) is 6.41. The van der Waals surface area contributed by atoms with Crippen LogP contribution in [0.5, 0.6) is 5.75 Å². The molecule has 3 amide bonds. The van der Waals surface area contributed by atoms with Gasteiger partial charge in [-0.3, -0.25) is 9.69 Å². The molecule has 8 nitrogen and oxygen atoms in total. The maximum atomic E-state index is 13.8. The van der Waals surface area contributed by atoms with E-state index in [0.29, 0.717) is 43.3 Å². The molecular weight excluding hydrogens is 586 g/mol. The molecule has 1 aliphatic rings. The quantitative estimate of drug-likeness (QED) is 0.302. The van der Waals surface area contributed by atoms with Crippen LogP contribution in [0.1, 0.15) is 40.0 Å². The zero-order valence-electron chi connectivity index (χ0n) is 21.8. The van der Waals surface area contributed by atoms with Crippen LogP contribution in [0, 0.1) is 6.92 Å². The zero-order chi connectivity index (χ0) is 28.3. The van der Waals surface area contributed by atoms with Crippen LogP contribution in [-0.2, 0) is 16.1 Å². The third-order valence-corrected chi connectivity index (χ3v) is 7.60. The molecule has 1 unspecified atom stereocenters. The molecule has 0 saturated heterocycles. The Morgan fingerprint density at radius 1 is 1.05 bits per heavy atom. The molecule has 1 heterocycles. The van der Waals surface area contributed by atoms with E-state index in [1.807, 2.05) is 37.3 Å². The predicted octanol–water partition coefficient (Wildman–Crippen LogP) is 6.39. The summed E-state index contributed by atoms with van der Waals surface area (Å²) in [6.07, 6.45) is 0. The number of allylic oxidation sites excluding steroid dienone is 1. The molecular formula is C29H27BrClN3O5. The number of esters is 1. The number of urea groups is 1. The minimum absolute atomic E-state index is 0.240. The van der Waals surface area contributed by atoms with Crippen LogP contribution < -0.4 is 15.4 Å². The number of amides is 3. The highest BCUT2D eigenvalue weighted by molar-refractivity contribution is 9.10. The molecule has 0 fully saturated rings. The summed E-state index contributed by atoms with van der Waals surface area (Å²) in [5.41, 5.74) is 4.02. The van der Waals surface area contributed by atoms with Crippen LogP contribution in [-0.4, -0.2) is 37.0 Å². The maximum Gasteiger partial charge on any atom is 0.337 e. The van der Waals surface area contributed by atoms with Gasteiger partial charge in [-0.1, -0.05) is 51.8 Å². The molecule has 0 saturated carbocycles. The van der Waals surface area contributed by atoms with Crippen molar-refractivity contribution in [1.29, 1.82) is 0 Å². The summed E-state index contributed by atoms with van der Waals surface area (Å²) in [6, 6.07) is 16.3. The highest BCUT2D eigenvalue weighted by Gasteiger charge is 2.36. The standard InChI is InChI=1S/C29H27BrClN3O5/c1-16-5-9-20(14-24(16)31)32-27(35)25-17(2)34(15-18-6-10-21(38-3)11-7-18)29(37)33-26(25)22-12-8-19(13-23(22)30)28(36)39-4/h5-14,26H,15H2,1-4H3,(H,32,35)(H,33,37). The molecule has 0 spiro atoms. The van der Waals surface area contributed by atoms with E-state index < -0.39 is 17.9 Å². The van der Waals surface area contributed by atoms with E-state index in [4.69, 9.17) is 21.1 Å². The fourth-order valence-electron chi connectivity index (χ4n) is 4.29. The zero-order valence-corrected chi connectivity index (χ0v) is 24.1. The van der Waals surface area contributed by atoms with Gasteiger partial charge in [0.25, 0.3) is 5.91 Å². The Morgan fingerprint density at radius 3 is 2.38 bits per heavy atom. The van der Waals surface area contributed by atoms with Crippen molar-refractivity contribution in [2.75, 3.05) is 19.5 Å². The SMILES string of the molecule is COC(=O)c1ccc(C2NC(=O)N(Cc3ccc(OC)cc3)C(C)=C2C(=O)Nc2ccc(C)c(Cl)c2)c(Br)c1. The summed E-state index contributed by atoms with van der Waals surface area (Å²) < 4.78 is 10.6. The molecule has 0 radical (unpaired) electrons. The van der Waals surface area contributed by atoms with E-state index in [-0.39, 0.29) is 12.6 Å². The van der Waals surface area contributed by atoms with E-state index in [1.165, 1.54) is 12.0 Å². The fourth-order valence-corrected chi connectivity index (χ4v) is 5.08. The number of carbonyl (C=O) groups is 3. The van der Waals surface area contributed by atoms with Gasteiger partial charge in [-0.2, -0.15) is 0 Å². The molecule has 2 N–H and O–H groups in total. The number of aryl methyl sites for hydroxylation is 1. The molecule has 202 valence electrons. The van der Waals surface area contributed by atoms with Crippen LogP contribution >= 0.6 is 27.5 Å². The summed E-state index contributed by atoms with van der Waals surface area (Å²) >= 11 is 9.79. The summed E-state index contributed by atoms with van der Waals surface area (Å²) in [4.78, 5) is 40.7. The van der Waals surface area contributed by atoms with Crippen molar-refractivity contribution >= 4 is 51.1 Å². The van der Waals surface area contributed by atoms with Gasteiger partial charge in [0.05, 0.1) is 37.9 Å². The van der Waals surface area contributed by atoms with Crippen LogP contribution in [0.3, 0.4) is 0 Å². The number of anilines is 1. The number of benzene rings is 3. The largest absolute Gasteiger partial charge is 0.497 e. The number of hydrogen-bond acceptors (Lipinski definition) is 5. The van der Waals surface area contributed by atoms with E-state index >= 15 is 0 Å². The number of hydrogen-bond donors (Lipinski definition) is 2. The van der Waals surface area contributed by atoms with E-state index in [0.717, 1.165) is 11.1 Å². The average molecular weight is 613 g/mol. The smallest absolute Gasteiger partial charge is 0.337 e. The number of nitrogens with one attached hydrogen (secondary N) is 2. The van der Waals surface area contributed by atoms with Crippen LogP contribution in [0.2, 0.25) is 5.02 Å². The second-order valence-corrected chi connectivity index (χ2v) is 10.2. The van der Waals surface area contributed by atoms with E-state index in [9.17, 15) is 14.4 Å². The van der Waals surface area contributed by atoms with Gasteiger partial charge in [-0.25, -0.2) is 9.59 Å². The van der Waals surface area contributed by atoms with Gasteiger partial charge in [-0.05, 0) is 66.9 Å². The summed E-state index contributed by atoms with van der Waals surface area (Å²) in [5.74, 6) is -0.200. The molecule has 1 atom stereocenters. The van der Waals surface area contributed by atoms with Gasteiger partial charge >= 0.3 is 12.0 Å². The third kappa shape index (κ3) is 6.10. The number of carbonyl (C=O) groups excluding carboxylic acids is 3. The van der Waals surface area contributed by atoms with Crippen LogP contribution in [0.25, 0.3) is 0 Å². The van der Waals surface area contributed by atoms with E-state index in [1.54, 1.807) is 44.4 Å². The molecule has 0 aromatic heterocycles. The normalized spacial score (nSPS) is 15.1. The second-order valence-electron chi connectivity index (χ2n) is 8.96. The number of nitrogens with zero attached hydrogens (tertiary/aromatic N) is 1. The molecule has 4 rings (SSSR count). The van der Waals surface area contributed by atoms with Crippen LogP contribution in [0.4, 0.5) is 10.5 Å². The Bertz CT molecular complexity index is 1470. The van der Waals surface area contributed by atoms with Crippen molar-refractivity contribution in [2.24, 2.45) is 0 Å². The third-order valence-electron chi connectivity index (χ3n) is 6.50. The fraction of sp³-hybridized carbons (Fsp3) is 0.207. The lowest BCUT2D eigenvalue weighted by molar-refractivity contribution is -0.113. The van der Waals surface area contributed by atoms with Gasteiger partial charge in [0.1, 0.15) is 5.75 Å². The first-order chi connectivity index (χ1) is 18.6. The average Bonchev–Trinajstić information content (AvgIpc) is 2.92. The maximum absolute atomic E-state index is 13.8. The Hall–Kier alpha value is -3.82. The Kier molecular flexibility index (Phi) is 8.62. The molecule has 3 aromatic carbocycles. The van der Waals surface area contributed by atoms with Crippen molar-refractivity contribution in [3.8, 4) is 5.75 Å². The lowest BCUT2D eigenvalue weighted by Crippen LogP contribution is -2.48. The highest BCUT2D eigenvalue weighted by atomic mass is 79.9. The van der Waals surface area contributed by atoms with Gasteiger partial charge < -0.3 is 20.1 Å². The first-order valence-electron chi connectivity index (χ1n) is 12.0. The number of halogens is 2. The van der Waals surface area contributed by atoms with Crippen molar-refractivity contribution in [1.82, 2.24) is 10.2 Å². The molecule has 0 bridgehead atoms. The number of rotatable bonds is 7. The van der Waals surface area contributed by atoms with Crippen LogP contribution in [0.15, 0.2) is 76.4 Å². The van der Waals surface area contributed by atoms with Crippen molar-refractivity contribution in [2.45, 2.75) is 26.4 Å². The van der Waals surface area contributed by atoms with Gasteiger partial charge in [0.15, 0.2) is 0 Å². The minimum atomic E-state index is -0.799. The predicted molar refractivity (Wildman–Crippen MR) is 153 cm³/mol. The molecule has 10 heteroatoms. The first-order valence-corrected chi connectivity index (χ1v) is 13.2. The molecule has 39 heavy (non-hydrogen) atoms. The lowest BCUT2D eigenvalue weighted by Gasteiger charge is -2.36. The van der Waals surface area contributed by atoms with Crippen molar-refractivity contribution in [3.05, 3.63) is 104 Å². The van der Waals surface area contributed by atoms with Gasteiger partial charge in [0, 0.05) is 20.9 Å². The van der Waals surface area contributed by atoms with Gasteiger partial charge in [-0.15, -0.1) is 0 Å². The van der Waals surface area contributed by atoms with Crippen molar-refractivity contribution < 1.29 is 23.9 Å². The molecule has 1 aliphatic heterocycles. The monoisotopic (exact) mass is 611 g/mol. The Balaban J connectivity index is 1.76. The van der Waals surface area contributed by atoms with Crippen molar-refractivity contribution in [3.63, 3.8) is 0 Å². The Labute approximate surface area is 240 Å². The molecule has 3 aromatic rings. The highest BCUT2D eigenvalue weighted by Crippen LogP contribution is 2.36. The summed E-state index contributed by atoms with van der Waals surface area (Å²) in [7, 11) is 2.89. The number of methoxy groups -OCH3 is 2. The molecule has 0 aliphatic carbocycles. The second kappa shape index (κ2) is 11.9. The summed E-state index contributed by atoms with van der Waals surface area (Å²) in [6.45, 7) is 3.85. The first kappa shape index (κ1) is 28.2. The minimum Gasteiger partial charge on any atom is -0.497 e. The van der Waals surface area contributed by atoms with Gasteiger partial charge in [0.2, 0.25) is 0 Å². The van der Waals surface area contributed by atoms with E-state index in [2.05, 4.69) is 26.6 Å². The lowest BCUT2D eigenvalue weighted by atomic mass is 9.93. The number of ether oxygens (including phenoxy) is 2.